The van der Waals surface area contributed by atoms with Gasteiger partial charge in [0.25, 0.3) is 11.8 Å². The van der Waals surface area contributed by atoms with Crippen molar-refractivity contribution in [3.8, 4) is 17.2 Å². The lowest BCUT2D eigenvalue weighted by molar-refractivity contribution is 0.0948. The number of benzene rings is 1. The zero-order valence-electron chi connectivity index (χ0n) is 15.0. The van der Waals surface area contributed by atoms with Gasteiger partial charge in [0.1, 0.15) is 5.75 Å². The van der Waals surface area contributed by atoms with E-state index in [1.807, 2.05) is 18.3 Å². The minimum atomic E-state index is -0.258. The molecule has 142 valence electrons. The molecule has 0 aliphatic heterocycles. The third-order valence-corrected chi connectivity index (χ3v) is 4.78. The fourth-order valence-corrected chi connectivity index (χ4v) is 3.14. The molecule has 1 N–H and O–H groups in total. The van der Waals surface area contributed by atoms with E-state index in [1.54, 1.807) is 36.6 Å². The summed E-state index contributed by atoms with van der Waals surface area (Å²) in [4.78, 5) is 16.8. The molecule has 1 aromatic carbocycles. The molecule has 4 aromatic rings. The summed E-state index contributed by atoms with van der Waals surface area (Å²) in [6.07, 6.45) is 1.81. The van der Waals surface area contributed by atoms with Crippen LogP contribution in [0, 0.1) is 6.92 Å². The summed E-state index contributed by atoms with van der Waals surface area (Å²) in [5.74, 6) is 1.81. The van der Waals surface area contributed by atoms with Gasteiger partial charge in [-0.25, -0.2) is 0 Å². The second kappa shape index (κ2) is 7.39. The quantitative estimate of drug-likeness (QED) is 0.506. The Morgan fingerprint density at radius 2 is 2.18 bits per heavy atom. The van der Waals surface area contributed by atoms with E-state index in [2.05, 4.69) is 41.6 Å². The lowest BCUT2D eigenvalue weighted by Gasteiger charge is -2.08. The van der Waals surface area contributed by atoms with Crippen molar-refractivity contribution in [3.63, 3.8) is 0 Å². The number of nitrogens with one attached hydrogen (secondary N) is 1. The number of methoxy groups -OCH3 is 1. The van der Waals surface area contributed by atoms with Crippen molar-refractivity contribution in [2.45, 2.75) is 13.5 Å². The molecule has 0 spiro atoms. The summed E-state index contributed by atoms with van der Waals surface area (Å²) < 4.78 is 12.9. The zero-order chi connectivity index (χ0) is 19.7. The average Bonchev–Trinajstić information content (AvgIpc) is 3.32. The number of carbonyl (C=O) groups is 1. The van der Waals surface area contributed by atoms with Gasteiger partial charge in [0.15, 0.2) is 17.3 Å². The molecule has 0 aliphatic carbocycles. The van der Waals surface area contributed by atoms with Crippen LogP contribution in [0.3, 0.4) is 0 Å². The van der Waals surface area contributed by atoms with Gasteiger partial charge in [0, 0.05) is 10.7 Å². The topological polar surface area (TPSA) is 107 Å². The number of halogens is 1. The smallest absolute Gasteiger partial charge is 0.261 e. The molecule has 3 heterocycles. The maximum atomic E-state index is 12.6. The van der Waals surface area contributed by atoms with E-state index in [0.717, 1.165) is 0 Å². The molecule has 10 heteroatoms. The van der Waals surface area contributed by atoms with Gasteiger partial charge >= 0.3 is 0 Å². The number of amides is 1. The second-order valence-corrected chi connectivity index (χ2v) is 6.76. The fourth-order valence-electron chi connectivity index (χ4n) is 2.72. The first kappa shape index (κ1) is 18.1. The first-order valence-electron chi connectivity index (χ1n) is 8.32. The number of aryl methyl sites for hydroxylation is 1. The summed E-state index contributed by atoms with van der Waals surface area (Å²) in [6, 6.07) is 8.85. The number of hydrogen-bond donors (Lipinski definition) is 1. The SMILES string of the molecule is COc1ccc(Br)c(C(=O)NCc2nnc3c(-c4nc(C)no4)cccn23)c1. The molecule has 0 atom stereocenters. The van der Waals surface area contributed by atoms with Crippen LogP contribution in [0.15, 0.2) is 45.5 Å². The average molecular weight is 443 g/mol. The van der Waals surface area contributed by atoms with Crippen LogP contribution in [0.25, 0.3) is 17.1 Å². The Morgan fingerprint density at radius 3 is 2.93 bits per heavy atom. The van der Waals surface area contributed by atoms with Crippen LogP contribution in [-0.2, 0) is 6.54 Å². The molecule has 3 aromatic heterocycles. The number of ether oxygens (including phenoxy) is 1. The molecule has 0 fully saturated rings. The van der Waals surface area contributed by atoms with Gasteiger partial charge in [0.05, 0.1) is 24.8 Å². The molecule has 0 bridgehead atoms. The van der Waals surface area contributed by atoms with Gasteiger partial charge in [-0.2, -0.15) is 4.98 Å². The van der Waals surface area contributed by atoms with Crippen molar-refractivity contribution in [1.82, 2.24) is 30.1 Å². The summed E-state index contributed by atoms with van der Waals surface area (Å²) in [5.41, 5.74) is 1.71. The highest BCUT2D eigenvalue weighted by molar-refractivity contribution is 9.10. The third kappa shape index (κ3) is 3.33. The maximum absolute atomic E-state index is 12.6. The van der Waals surface area contributed by atoms with E-state index in [1.165, 1.54) is 0 Å². The number of fused-ring (bicyclic) bond motifs is 1. The monoisotopic (exact) mass is 442 g/mol. The first-order valence-corrected chi connectivity index (χ1v) is 9.11. The number of aromatic nitrogens is 5. The van der Waals surface area contributed by atoms with Crippen molar-refractivity contribution >= 4 is 27.5 Å². The van der Waals surface area contributed by atoms with E-state index in [0.29, 0.717) is 44.5 Å². The van der Waals surface area contributed by atoms with Crippen LogP contribution in [0.5, 0.6) is 5.75 Å². The summed E-state index contributed by atoms with van der Waals surface area (Å²) in [6.45, 7) is 1.94. The van der Waals surface area contributed by atoms with E-state index in [4.69, 9.17) is 9.26 Å². The van der Waals surface area contributed by atoms with E-state index in [9.17, 15) is 4.79 Å². The largest absolute Gasteiger partial charge is 0.497 e. The Balaban J connectivity index is 1.59. The van der Waals surface area contributed by atoms with Crippen LogP contribution in [0.2, 0.25) is 0 Å². The highest BCUT2D eigenvalue weighted by atomic mass is 79.9. The molecule has 0 saturated heterocycles. The van der Waals surface area contributed by atoms with Gasteiger partial charge < -0.3 is 14.6 Å². The van der Waals surface area contributed by atoms with Gasteiger partial charge in [-0.1, -0.05) is 5.16 Å². The molecular weight excluding hydrogens is 428 g/mol. The molecule has 4 rings (SSSR count). The number of rotatable bonds is 5. The lowest BCUT2D eigenvalue weighted by atomic mass is 10.2. The lowest BCUT2D eigenvalue weighted by Crippen LogP contribution is -2.24. The van der Waals surface area contributed by atoms with E-state index < -0.39 is 0 Å². The van der Waals surface area contributed by atoms with Crippen LogP contribution < -0.4 is 10.1 Å². The normalized spacial score (nSPS) is 11.0. The molecule has 0 radical (unpaired) electrons. The Hall–Kier alpha value is -3.27. The van der Waals surface area contributed by atoms with Crippen molar-refractivity contribution in [2.75, 3.05) is 7.11 Å². The van der Waals surface area contributed by atoms with Crippen molar-refractivity contribution in [2.24, 2.45) is 0 Å². The van der Waals surface area contributed by atoms with Gasteiger partial charge in [-0.05, 0) is 53.2 Å². The van der Waals surface area contributed by atoms with Gasteiger partial charge in [-0.3, -0.25) is 9.20 Å². The van der Waals surface area contributed by atoms with Crippen molar-refractivity contribution in [1.29, 1.82) is 0 Å². The number of carbonyl (C=O) groups excluding carboxylic acids is 1. The van der Waals surface area contributed by atoms with Crippen LogP contribution in [0.4, 0.5) is 0 Å². The molecule has 0 unspecified atom stereocenters. The highest BCUT2D eigenvalue weighted by Crippen LogP contribution is 2.23. The molecule has 0 aliphatic rings. The number of pyridine rings is 1. The Labute approximate surface area is 167 Å². The summed E-state index contributed by atoms with van der Waals surface area (Å²) in [7, 11) is 1.55. The summed E-state index contributed by atoms with van der Waals surface area (Å²) >= 11 is 3.38. The predicted molar refractivity (Wildman–Crippen MR) is 103 cm³/mol. The fraction of sp³-hybridized carbons (Fsp3) is 0.167. The molecule has 1 amide bonds. The minimum Gasteiger partial charge on any atom is -0.497 e. The Bertz CT molecular complexity index is 1170. The van der Waals surface area contributed by atoms with Crippen LogP contribution >= 0.6 is 15.9 Å². The number of hydrogen-bond acceptors (Lipinski definition) is 7. The standard InChI is InChI=1S/C18H15BrN6O3/c1-10-21-18(28-24-10)12-4-3-7-25-15(22-23-16(12)25)9-20-17(26)13-8-11(27-2)5-6-14(13)19/h3-8H,9H2,1-2H3,(H,20,26). The maximum Gasteiger partial charge on any atom is 0.261 e. The third-order valence-electron chi connectivity index (χ3n) is 4.09. The first-order chi connectivity index (χ1) is 13.6. The van der Waals surface area contributed by atoms with Gasteiger partial charge in [-0.15, -0.1) is 10.2 Å². The molecule has 9 nitrogen and oxygen atoms in total. The highest BCUT2D eigenvalue weighted by Gasteiger charge is 2.16. The molecular formula is C18H15BrN6O3. The second-order valence-electron chi connectivity index (χ2n) is 5.91. The van der Waals surface area contributed by atoms with Crippen molar-refractivity contribution in [3.05, 3.63) is 58.2 Å². The van der Waals surface area contributed by atoms with Crippen molar-refractivity contribution < 1.29 is 14.1 Å². The Kier molecular flexibility index (Phi) is 4.78. The number of nitrogens with zero attached hydrogens (tertiary/aromatic N) is 5. The molecule has 0 saturated carbocycles. The van der Waals surface area contributed by atoms with Crippen LogP contribution in [-0.4, -0.2) is 37.8 Å². The van der Waals surface area contributed by atoms with Crippen LogP contribution in [0.1, 0.15) is 22.0 Å². The zero-order valence-corrected chi connectivity index (χ0v) is 16.6. The van der Waals surface area contributed by atoms with E-state index in [-0.39, 0.29) is 12.5 Å². The van der Waals surface area contributed by atoms with E-state index >= 15 is 0 Å². The predicted octanol–water partition coefficient (Wildman–Crippen LogP) is 2.79. The molecule has 28 heavy (non-hydrogen) atoms. The summed E-state index contributed by atoms with van der Waals surface area (Å²) in [5, 5.41) is 15.0. The van der Waals surface area contributed by atoms with Gasteiger partial charge in [0.2, 0.25) is 0 Å². The Morgan fingerprint density at radius 1 is 1.32 bits per heavy atom. The minimum absolute atomic E-state index is 0.190.